The molecule has 1 atom stereocenters. The molecule has 1 aliphatic rings. The van der Waals surface area contributed by atoms with Crippen LogP contribution in [0.5, 0.6) is 5.75 Å². The van der Waals surface area contributed by atoms with E-state index in [4.69, 9.17) is 4.74 Å². The number of benzene rings is 1. The Bertz CT molecular complexity index is 392. The SMILES string of the molecule is COc1cccc([C@H](C)SC2=NCCS2)c1. The highest BCUT2D eigenvalue weighted by atomic mass is 32.2. The topological polar surface area (TPSA) is 21.6 Å². The first-order chi connectivity index (χ1) is 7.79. The second-order valence-electron chi connectivity index (χ2n) is 3.53. The van der Waals surface area contributed by atoms with Crippen LogP contribution in [0.25, 0.3) is 0 Å². The van der Waals surface area contributed by atoms with E-state index in [1.807, 2.05) is 35.7 Å². The van der Waals surface area contributed by atoms with Crippen LogP contribution in [0.4, 0.5) is 0 Å². The predicted molar refractivity (Wildman–Crippen MR) is 73.8 cm³/mol. The minimum atomic E-state index is 0.430. The second kappa shape index (κ2) is 5.64. The molecule has 0 fully saturated rings. The van der Waals surface area contributed by atoms with Gasteiger partial charge in [-0.1, -0.05) is 35.7 Å². The van der Waals surface area contributed by atoms with E-state index < -0.39 is 0 Å². The van der Waals surface area contributed by atoms with Crippen LogP contribution in [0.2, 0.25) is 0 Å². The van der Waals surface area contributed by atoms with E-state index in [0.29, 0.717) is 5.25 Å². The third-order valence-electron chi connectivity index (χ3n) is 2.40. The molecule has 0 spiro atoms. The Balaban J connectivity index is 2.04. The van der Waals surface area contributed by atoms with Crippen LogP contribution in [0.1, 0.15) is 17.7 Å². The van der Waals surface area contributed by atoms with E-state index in [0.717, 1.165) is 18.0 Å². The molecule has 86 valence electrons. The lowest BCUT2D eigenvalue weighted by atomic mass is 10.1. The molecule has 0 bridgehead atoms. The Morgan fingerprint density at radius 3 is 3.06 bits per heavy atom. The average molecular weight is 253 g/mol. The van der Waals surface area contributed by atoms with Crippen molar-refractivity contribution in [3.63, 3.8) is 0 Å². The zero-order chi connectivity index (χ0) is 11.4. The van der Waals surface area contributed by atoms with E-state index in [1.54, 1.807) is 7.11 Å². The van der Waals surface area contributed by atoms with E-state index in [9.17, 15) is 0 Å². The van der Waals surface area contributed by atoms with Gasteiger partial charge in [-0.25, -0.2) is 0 Å². The maximum absolute atomic E-state index is 5.23. The Hall–Kier alpha value is -0.610. The number of ether oxygens (including phenoxy) is 1. The predicted octanol–water partition coefficient (Wildman–Crippen LogP) is 3.59. The molecule has 0 saturated heterocycles. The van der Waals surface area contributed by atoms with E-state index in [-0.39, 0.29) is 0 Å². The molecule has 0 saturated carbocycles. The third-order valence-corrected chi connectivity index (χ3v) is 4.76. The van der Waals surface area contributed by atoms with E-state index in [1.165, 1.54) is 9.94 Å². The molecule has 0 aliphatic carbocycles. The molecule has 1 aromatic rings. The molecule has 2 rings (SSSR count). The van der Waals surface area contributed by atoms with Gasteiger partial charge in [0.1, 0.15) is 10.1 Å². The fourth-order valence-electron chi connectivity index (χ4n) is 1.50. The standard InChI is InChI=1S/C12H15NOS2/c1-9(16-12-13-6-7-15-12)10-4-3-5-11(8-10)14-2/h3-5,8-9H,6-7H2,1-2H3/t9-/m0/s1. The van der Waals surface area contributed by atoms with Crippen LogP contribution in [-0.2, 0) is 0 Å². The zero-order valence-electron chi connectivity index (χ0n) is 9.47. The summed E-state index contributed by atoms with van der Waals surface area (Å²) in [7, 11) is 1.70. The summed E-state index contributed by atoms with van der Waals surface area (Å²) in [5, 5.41) is 0.430. The number of aliphatic imine (C=N–C) groups is 1. The summed E-state index contributed by atoms with van der Waals surface area (Å²) >= 11 is 3.69. The van der Waals surface area contributed by atoms with Gasteiger partial charge in [-0.3, -0.25) is 4.99 Å². The highest BCUT2D eigenvalue weighted by Gasteiger charge is 2.14. The molecule has 0 unspecified atom stereocenters. The maximum atomic E-state index is 5.23. The summed E-state index contributed by atoms with van der Waals surface area (Å²) in [5.74, 6) is 2.05. The Labute approximate surface area is 105 Å². The van der Waals surface area contributed by atoms with Gasteiger partial charge in [0, 0.05) is 11.0 Å². The Morgan fingerprint density at radius 1 is 1.50 bits per heavy atom. The molecule has 16 heavy (non-hydrogen) atoms. The highest BCUT2D eigenvalue weighted by Crippen LogP contribution is 2.35. The first-order valence-corrected chi connectivity index (χ1v) is 7.14. The number of nitrogens with zero attached hydrogens (tertiary/aromatic N) is 1. The van der Waals surface area contributed by atoms with Gasteiger partial charge in [-0.15, -0.1) is 0 Å². The maximum Gasteiger partial charge on any atom is 0.125 e. The smallest absolute Gasteiger partial charge is 0.125 e. The van der Waals surface area contributed by atoms with E-state index in [2.05, 4.69) is 24.0 Å². The van der Waals surface area contributed by atoms with Gasteiger partial charge >= 0.3 is 0 Å². The minimum Gasteiger partial charge on any atom is -0.497 e. The molecule has 1 heterocycles. The van der Waals surface area contributed by atoms with Crippen molar-refractivity contribution in [2.45, 2.75) is 12.2 Å². The molecule has 0 aromatic heterocycles. The summed E-state index contributed by atoms with van der Waals surface area (Å²) in [5.41, 5.74) is 1.29. The molecular formula is C12H15NOS2. The molecule has 1 aromatic carbocycles. The van der Waals surface area contributed by atoms with E-state index >= 15 is 0 Å². The number of thioether (sulfide) groups is 2. The number of hydrogen-bond donors (Lipinski definition) is 0. The van der Waals surface area contributed by atoms with Gasteiger partial charge in [-0.05, 0) is 24.6 Å². The monoisotopic (exact) mass is 253 g/mol. The van der Waals surface area contributed by atoms with Gasteiger partial charge in [0.2, 0.25) is 0 Å². The van der Waals surface area contributed by atoms with Gasteiger partial charge in [0.05, 0.1) is 13.7 Å². The Kier molecular flexibility index (Phi) is 4.18. The highest BCUT2D eigenvalue weighted by molar-refractivity contribution is 8.39. The lowest BCUT2D eigenvalue weighted by Gasteiger charge is -2.11. The third kappa shape index (κ3) is 2.95. The van der Waals surface area contributed by atoms with Crippen molar-refractivity contribution in [1.82, 2.24) is 0 Å². The first-order valence-electron chi connectivity index (χ1n) is 5.27. The lowest BCUT2D eigenvalue weighted by molar-refractivity contribution is 0.414. The lowest BCUT2D eigenvalue weighted by Crippen LogP contribution is -1.93. The minimum absolute atomic E-state index is 0.430. The molecule has 1 aliphatic heterocycles. The Morgan fingerprint density at radius 2 is 2.38 bits per heavy atom. The summed E-state index contributed by atoms with van der Waals surface area (Å²) < 4.78 is 6.45. The van der Waals surface area contributed by atoms with Crippen molar-refractivity contribution < 1.29 is 4.74 Å². The second-order valence-corrected chi connectivity index (χ2v) is 6.20. The number of hydrogen-bond acceptors (Lipinski definition) is 4. The summed E-state index contributed by atoms with van der Waals surface area (Å²) in [6.07, 6.45) is 0. The number of methoxy groups -OCH3 is 1. The molecule has 0 radical (unpaired) electrons. The molecule has 0 amide bonds. The summed E-state index contributed by atoms with van der Waals surface area (Å²) in [6.45, 7) is 3.18. The summed E-state index contributed by atoms with van der Waals surface area (Å²) in [4.78, 5) is 4.46. The fourth-order valence-corrected chi connectivity index (χ4v) is 3.75. The normalized spacial score (nSPS) is 17.0. The van der Waals surface area contributed by atoms with Crippen LogP contribution in [0, 0.1) is 0 Å². The van der Waals surface area contributed by atoms with Crippen molar-refractivity contribution in [2.75, 3.05) is 19.4 Å². The van der Waals surface area contributed by atoms with Crippen LogP contribution >= 0.6 is 23.5 Å². The van der Waals surface area contributed by atoms with Crippen LogP contribution in [0.3, 0.4) is 0 Å². The van der Waals surface area contributed by atoms with Gasteiger partial charge < -0.3 is 4.74 Å². The molecule has 4 heteroatoms. The van der Waals surface area contributed by atoms with Crippen molar-refractivity contribution in [2.24, 2.45) is 4.99 Å². The van der Waals surface area contributed by atoms with Crippen molar-refractivity contribution in [1.29, 1.82) is 0 Å². The van der Waals surface area contributed by atoms with Gasteiger partial charge in [0.25, 0.3) is 0 Å². The van der Waals surface area contributed by atoms with Gasteiger partial charge in [0.15, 0.2) is 0 Å². The summed E-state index contributed by atoms with van der Waals surface area (Å²) in [6, 6.07) is 8.25. The van der Waals surface area contributed by atoms with Crippen LogP contribution in [0.15, 0.2) is 29.3 Å². The largest absolute Gasteiger partial charge is 0.497 e. The first kappa shape index (κ1) is 11.9. The average Bonchev–Trinajstić information content (AvgIpc) is 2.82. The quantitative estimate of drug-likeness (QED) is 0.821. The van der Waals surface area contributed by atoms with Crippen molar-refractivity contribution >= 4 is 27.9 Å². The van der Waals surface area contributed by atoms with Gasteiger partial charge in [-0.2, -0.15) is 0 Å². The molecule has 2 nitrogen and oxygen atoms in total. The number of rotatable bonds is 3. The molecule has 0 N–H and O–H groups in total. The van der Waals surface area contributed by atoms with Crippen molar-refractivity contribution in [3.8, 4) is 5.75 Å². The van der Waals surface area contributed by atoms with Crippen LogP contribution < -0.4 is 4.74 Å². The van der Waals surface area contributed by atoms with Crippen molar-refractivity contribution in [3.05, 3.63) is 29.8 Å². The zero-order valence-corrected chi connectivity index (χ0v) is 11.1. The van der Waals surface area contributed by atoms with Crippen LogP contribution in [-0.4, -0.2) is 23.8 Å². The molecular weight excluding hydrogens is 238 g/mol. The fraction of sp³-hybridized carbons (Fsp3) is 0.417.